The predicted octanol–water partition coefficient (Wildman–Crippen LogP) is 2.01. The van der Waals surface area contributed by atoms with E-state index in [1.165, 1.54) is 0 Å². The van der Waals surface area contributed by atoms with E-state index < -0.39 is 0 Å². The average molecular weight is 292 g/mol. The number of hydrogen-bond donors (Lipinski definition) is 1. The zero-order valence-electron chi connectivity index (χ0n) is 8.62. The Hall–Kier alpha value is -0.490. The van der Waals surface area contributed by atoms with Crippen molar-refractivity contribution in [3.8, 4) is 0 Å². The molecule has 0 aliphatic carbocycles. The Morgan fingerprint density at radius 3 is 3.00 bits per heavy atom. The first kappa shape index (κ1) is 12.6. The number of carbonyl (C=O) groups is 1. The average Bonchev–Trinajstić information content (AvgIpc) is 2.72. The van der Waals surface area contributed by atoms with E-state index in [4.69, 9.17) is 0 Å². The lowest BCUT2D eigenvalue weighted by Gasteiger charge is -2.02. The second-order valence-corrected chi connectivity index (χ2v) is 4.60. The minimum Gasteiger partial charge on any atom is -0.351 e. The van der Waals surface area contributed by atoms with Gasteiger partial charge in [-0.2, -0.15) is 0 Å². The molecule has 1 N–H and O–H groups in total. The van der Waals surface area contributed by atoms with Gasteiger partial charge in [0.15, 0.2) is 0 Å². The van der Waals surface area contributed by atoms with Crippen LogP contribution in [0.25, 0.3) is 0 Å². The molecule has 1 aromatic heterocycles. The number of carbonyl (C=O) groups excluding carboxylic acids is 1. The Bertz CT molecular complexity index is 316. The van der Waals surface area contributed by atoms with E-state index in [-0.39, 0.29) is 5.91 Å². The van der Waals surface area contributed by atoms with Crippen LogP contribution in [0.5, 0.6) is 0 Å². The van der Waals surface area contributed by atoms with Crippen LogP contribution in [-0.2, 0) is 6.42 Å². The Morgan fingerprint density at radius 2 is 2.33 bits per heavy atom. The molecule has 0 bridgehead atoms. The zero-order valence-corrected chi connectivity index (χ0v) is 11.0. The second kappa shape index (κ2) is 6.90. The summed E-state index contributed by atoms with van der Waals surface area (Å²) in [5.41, 5.74) is 0.790. The van der Waals surface area contributed by atoms with E-state index in [0.29, 0.717) is 11.4 Å². The van der Waals surface area contributed by atoms with Crippen molar-refractivity contribution in [3.05, 3.63) is 10.6 Å². The van der Waals surface area contributed by atoms with E-state index in [1.54, 1.807) is 0 Å². The predicted molar refractivity (Wildman–Crippen MR) is 64.6 cm³/mol. The molecule has 0 spiro atoms. The number of unbranched alkanes of at least 4 members (excludes halogenated alkanes) is 1. The largest absolute Gasteiger partial charge is 0.351 e. The van der Waals surface area contributed by atoms with Crippen LogP contribution in [-0.4, -0.2) is 27.4 Å². The maximum Gasteiger partial charge on any atom is 0.264 e. The van der Waals surface area contributed by atoms with Gasteiger partial charge < -0.3 is 5.32 Å². The maximum absolute atomic E-state index is 11.7. The summed E-state index contributed by atoms with van der Waals surface area (Å²) in [6.07, 6.45) is 2.81. The second-order valence-electron chi connectivity index (χ2n) is 3.05. The molecular weight excluding hydrogens is 278 g/mol. The highest BCUT2D eigenvalue weighted by Crippen LogP contribution is 2.10. The summed E-state index contributed by atoms with van der Waals surface area (Å²) in [6.45, 7) is 2.68. The normalized spacial score (nSPS) is 10.3. The van der Waals surface area contributed by atoms with E-state index in [0.717, 1.165) is 41.8 Å². The molecule has 0 aliphatic heterocycles. The molecular formula is C9H14BrN3OS. The molecule has 1 rings (SSSR count). The van der Waals surface area contributed by atoms with Crippen LogP contribution in [0.4, 0.5) is 0 Å². The Labute approximate surface area is 102 Å². The summed E-state index contributed by atoms with van der Waals surface area (Å²) >= 11 is 4.51. The zero-order chi connectivity index (χ0) is 11.1. The smallest absolute Gasteiger partial charge is 0.264 e. The number of alkyl halides is 1. The van der Waals surface area contributed by atoms with Crippen molar-refractivity contribution in [2.45, 2.75) is 26.2 Å². The van der Waals surface area contributed by atoms with Gasteiger partial charge in [-0.15, -0.1) is 5.10 Å². The molecule has 84 valence electrons. The van der Waals surface area contributed by atoms with Crippen LogP contribution in [0, 0.1) is 0 Å². The van der Waals surface area contributed by atoms with Crippen LogP contribution in [0.2, 0.25) is 0 Å². The molecule has 1 heterocycles. The number of hydrogen-bond acceptors (Lipinski definition) is 4. The summed E-state index contributed by atoms with van der Waals surface area (Å²) in [5, 5.41) is 7.74. The maximum atomic E-state index is 11.7. The molecule has 0 saturated carbocycles. The van der Waals surface area contributed by atoms with Gasteiger partial charge in [0.05, 0.1) is 5.69 Å². The van der Waals surface area contributed by atoms with Gasteiger partial charge in [0.2, 0.25) is 0 Å². The molecule has 1 aromatic rings. The first-order valence-electron chi connectivity index (χ1n) is 4.95. The van der Waals surface area contributed by atoms with Crippen molar-refractivity contribution in [1.29, 1.82) is 0 Å². The molecule has 6 heteroatoms. The fourth-order valence-corrected chi connectivity index (χ4v) is 2.18. The van der Waals surface area contributed by atoms with Crippen molar-refractivity contribution in [1.82, 2.24) is 14.9 Å². The van der Waals surface area contributed by atoms with Crippen molar-refractivity contribution in [2.75, 3.05) is 11.9 Å². The van der Waals surface area contributed by atoms with Crippen LogP contribution in [0.3, 0.4) is 0 Å². The summed E-state index contributed by atoms with van der Waals surface area (Å²) in [4.78, 5) is 12.3. The van der Waals surface area contributed by atoms with Crippen LogP contribution in [0.15, 0.2) is 0 Å². The third-order valence-corrected chi connectivity index (χ3v) is 3.27. The van der Waals surface area contributed by atoms with Gasteiger partial charge in [-0.25, -0.2) is 0 Å². The molecule has 0 aromatic carbocycles. The van der Waals surface area contributed by atoms with Gasteiger partial charge in [0.1, 0.15) is 4.88 Å². The quantitative estimate of drug-likeness (QED) is 0.644. The number of nitrogens with one attached hydrogen (secondary N) is 1. The van der Waals surface area contributed by atoms with Gasteiger partial charge in [-0.3, -0.25) is 4.79 Å². The minimum atomic E-state index is -0.0450. The van der Waals surface area contributed by atoms with Crippen LogP contribution in [0.1, 0.15) is 35.1 Å². The van der Waals surface area contributed by atoms with Crippen LogP contribution < -0.4 is 5.32 Å². The Balaban J connectivity index is 2.40. The van der Waals surface area contributed by atoms with Gasteiger partial charge in [0, 0.05) is 11.9 Å². The SMILES string of the molecule is CCc1nnsc1C(=O)NCCCCBr. The number of aryl methyl sites for hydroxylation is 1. The third-order valence-electron chi connectivity index (χ3n) is 1.94. The Kier molecular flexibility index (Phi) is 5.78. The summed E-state index contributed by atoms with van der Waals surface area (Å²) < 4.78 is 3.78. The van der Waals surface area contributed by atoms with E-state index in [9.17, 15) is 4.79 Å². The molecule has 0 radical (unpaired) electrons. The molecule has 0 saturated heterocycles. The van der Waals surface area contributed by atoms with Gasteiger partial charge in [-0.05, 0) is 30.8 Å². The number of aromatic nitrogens is 2. The Morgan fingerprint density at radius 1 is 1.53 bits per heavy atom. The fraction of sp³-hybridized carbons (Fsp3) is 0.667. The van der Waals surface area contributed by atoms with Crippen molar-refractivity contribution in [2.24, 2.45) is 0 Å². The standard InChI is InChI=1S/C9H14BrN3OS/c1-2-7-8(15-13-12-7)9(14)11-6-4-3-5-10/h2-6H2,1H3,(H,11,14). The summed E-state index contributed by atoms with van der Waals surface area (Å²) in [6, 6.07) is 0. The van der Waals surface area contributed by atoms with Gasteiger partial charge in [-0.1, -0.05) is 27.3 Å². The number of amides is 1. The fourth-order valence-electron chi connectivity index (χ4n) is 1.11. The van der Waals surface area contributed by atoms with Crippen LogP contribution >= 0.6 is 27.5 Å². The lowest BCUT2D eigenvalue weighted by Crippen LogP contribution is -2.24. The monoisotopic (exact) mass is 291 g/mol. The third kappa shape index (κ3) is 3.87. The molecule has 0 aliphatic rings. The lowest BCUT2D eigenvalue weighted by molar-refractivity contribution is 0.0956. The summed E-state index contributed by atoms with van der Waals surface area (Å²) in [5.74, 6) is -0.0450. The van der Waals surface area contributed by atoms with Crippen molar-refractivity contribution >= 4 is 33.4 Å². The van der Waals surface area contributed by atoms with E-state index >= 15 is 0 Å². The number of nitrogens with zero attached hydrogens (tertiary/aromatic N) is 2. The van der Waals surface area contributed by atoms with E-state index in [2.05, 4.69) is 30.8 Å². The van der Waals surface area contributed by atoms with Gasteiger partial charge in [0.25, 0.3) is 5.91 Å². The molecule has 15 heavy (non-hydrogen) atoms. The number of rotatable bonds is 6. The molecule has 0 atom stereocenters. The number of halogens is 1. The molecule has 4 nitrogen and oxygen atoms in total. The van der Waals surface area contributed by atoms with Crippen molar-refractivity contribution in [3.63, 3.8) is 0 Å². The highest BCUT2D eigenvalue weighted by Gasteiger charge is 2.13. The van der Waals surface area contributed by atoms with E-state index in [1.807, 2.05) is 6.92 Å². The van der Waals surface area contributed by atoms with Crippen molar-refractivity contribution < 1.29 is 4.79 Å². The van der Waals surface area contributed by atoms with Gasteiger partial charge >= 0.3 is 0 Å². The highest BCUT2D eigenvalue weighted by molar-refractivity contribution is 9.09. The first-order chi connectivity index (χ1) is 7.29. The lowest BCUT2D eigenvalue weighted by atomic mass is 10.3. The minimum absolute atomic E-state index is 0.0450. The molecule has 1 amide bonds. The highest BCUT2D eigenvalue weighted by atomic mass is 79.9. The summed E-state index contributed by atoms with van der Waals surface area (Å²) in [7, 11) is 0. The molecule has 0 unspecified atom stereocenters. The first-order valence-corrected chi connectivity index (χ1v) is 6.84. The molecule has 0 fully saturated rings. The topological polar surface area (TPSA) is 54.9 Å².